The van der Waals surface area contributed by atoms with Gasteiger partial charge in [0.25, 0.3) is 0 Å². The lowest BCUT2D eigenvalue weighted by molar-refractivity contribution is 0.567. The standard InChI is InChI=1S/C5H11NS/c1-4-2-7-3-5(4)6/h4-5H,2-3,6H2,1H3/t4-,5?/m1/s1. The van der Waals surface area contributed by atoms with Gasteiger partial charge < -0.3 is 5.73 Å². The highest BCUT2D eigenvalue weighted by Gasteiger charge is 2.18. The Bertz CT molecular complexity index is 57.1. The van der Waals surface area contributed by atoms with Crippen LogP contribution in [0.1, 0.15) is 6.92 Å². The number of hydrogen-bond acceptors (Lipinski definition) is 2. The summed E-state index contributed by atoms with van der Waals surface area (Å²) in [6.45, 7) is 2.21. The SMILES string of the molecule is C[C@@H]1CSCC1N. The molecule has 0 bridgehead atoms. The molecule has 2 N–H and O–H groups in total. The number of nitrogens with two attached hydrogens (primary N) is 1. The molecule has 7 heavy (non-hydrogen) atoms. The topological polar surface area (TPSA) is 26.0 Å². The van der Waals surface area contributed by atoms with Gasteiger partial charge in [0.2, 0.25) is 0 Å². The Morgan fingerprint density at radius 1 is 1.57 bits per heavy atom. The number of rotatable bonds is 0. The van der Waals surface area contributed by atoms with Crippen LogP contribution in [0.3, 0.4) is 0 Å². The summed E-state index contributed by atoms with van der Waals surface area (Å²) in [5, 5.41) is 0. The lowest BCUT2D eigenvalue weighted by atomic mass is 10.1. The summed E-state index contributed by atoms with van der Waals surface area (Å²) < 4.78 is 0. The first-order valence-corrected chi connectivity index (χ1v) is 3.79. The summed E-state index contributed by atoms with van der Waals surface area (Å²) in [6.07, 6.45) is 0. The Morgan fingerprint density at radius 2 is 2.29 bits per heavy atom. The van der Waals surface area contributed by atoms with E-state index in [0.29, 0.717) is 6.04 Å². The Kier molecular flexibility index (Phi) is 1.60. The maximum Gasteiger partial charge on any atom is 0.0164 e. The summed E-state index contributed by atoms with van der Waals surface area (Å²) in [4.78, 5) is 0. The van der Waals surface area contributed by atoms with Gasteiger partial charge in [0.05, 0.1) is 0 Å². The van der Waals surface area contributed by atoms with Gasteiger partial charge in [-0.2, -0.15) is 11.8 Å². The largest absolute Gasteiger partial charge is 0.327 e. The first kappa shape index (κ1) is 5.45. The molecule has 1 saturated heterocycles. The maximum atomic E-state index is 5.66. The van der Waals surface area contributed by atoms with Gasteiger partial charge in [-0.25, -0.2) is 0 Å². The smallest absolute Gasteiger partial charge is 0.0164 e. The van der Waals surface area contributed by atoms with E-state index in [1.807, 2.05) is 11.8 Å². The van der Waals surface area contributed by atoms with Gasteiger partial charge in [-0.15, -0.1) is 0 Å². The molecule has 0 aliphatic carbocycles. The van der Waals surface area contributed by atoms with Crippen LogP contribution in [0.4, 0.5) is 0 Å². The number of hydrogen-bond donors (Lipinski definition) is 1. The molecule has 0 saturated carbocycles. The van der Waals surface area contributed by atoms with Crippen molar-refractivity contribution in [1.29, 1.82) is 0 Å². The van der Waals surface area contributed by atoms with Gasteiger partial charge in [0.15, 0.2) is 0 Å². The minimum atomic E-state index is 0.477. The quantitative estimate of drug-likeness (QED) is 0.505. The van der Waals surface area contributed by atoms with E-state index in [-0.39, 0.29) is 0 Å². The molecule has 0 aromatic rings. The predicted molar refractivity (Wildman–Crippen MR) is 34.5 cm³/mol. The van der Waals surface area contributed by atoms with Crippen LogP contribution in [-0.4, -0.2) is 17.5 Å². The molecule has 1 rings (SSSR count). The van der Waals surface area contributed by atoms with Crippen LogP contribution in [0.5, 0.6) is 0 Å². The van der Waals surface area contributed by atoms with E-state index >= 15 is 0 Å². The van der Waals surface area contributed by atoms with Crippen molar-refractivity contribution in [2.24, 2.45) is 11.7 Å². The molecule has 1 nitrogen and oxygen atoms in total. The van der Waals surface area contributed by atoms with E-state index in [1.54, 1.807) is 0 Å². The Morgan fingerprint density at radius 3 is 2.43 bits per heavy atom. The fourth-order valence-corrected chi connectivity index (χ4v) is 2.03. The van der Waals surface area contributed by atoms with E-state index in [2.05, 4.69) is 6.92 Å². The molecule has 0 radical (unpaired) electrons. The summed E-state index contributed by atoms with van der Waals surface area (Å²) in [5.41, 5.74) is 5.66. The van der Waals surface area contributed by atoms with Crippen molar-refractivity contribution < 1.29 is 0 Å². The fraction of sp³-hybridized carbons (Fsp3) is 1.00. The first-order valence-electron chi connectivity index (χ1n) is 2.64. The zero-order valence-corrected chi connectivity index (χ0v) is 5.37. The lowest BCUT2D eigenvalue weighted by Crippen LogP contribution is -2.25. The van der Waals surface area contributed by atoms with Crippen LogP contribution < -0.4 is 5.73 Å². The molecule has 1 aliphatic heterocycles. The van der Waals surface area contributed by atoms with Crippen molar-refractivity contribution in [2.45, 2.75) is 13.0 Å². The third kappa shape index (κ3) is 1.10. The van der Waals surface area contributed by atoms with Crippen molar-refractivity contribution in [3.8, 4) is 0 Å². The van der Waals surface area contributed by atoms with E-state index < -0.39 is 0 Å². The average Bonchev–Trinajstić information content (AvgIpc) is 1.91. The molecule has 1 fully saturated rings. The monoisotopic (exact) mass is 117 g/mol. The van der Waals surface area contributed by atoms with Gasteiger partial charge in [0, 0.05) is 11.8 Å². The van der Waals surface area contributed by atoms with Crippen LogP contribution in [0.25, 0.3) is 0 Å². The van der Waals surface area contributed by atoms with E-state index in [4.69, 9.17) is 5.73 Å². The van der Waals surface area contributed by atoms with E-state index in [0.717, 1.165) is 5.92 Å². The minimum absolute atomic E-state index is 0.477. The van der Waals surface area contributed by atoms with Gasteiger partial charge in [-0.3, -0.25) is 0 Å². The average molecular weight is 117 g/mol. The second-order valence-electron chi connectivity index (χ2n) is 2.18. The lowest BCUT2D eigenvalue weighted by Gasteiger charge is -2.04. The van der Waals surface area contributed by atoms with Crippen molar-refractivity contribution in [1.82, 2.24) is 0 Å². The third-order valence-electron chi connectivity index (χ3n) is 1.42. The van der Waals surface area contributed by atoms with Gasteiger partial charge >= 0.3 is 0 Å². The van der Waals surface area contributed by atoms with Crippen LogP contribution >= 0.6 is 11.8 Å². The van der Waals surface area contributed by atoms with Gasteiger partial charge in [0.1, 0.15) is 0 Å². The molecule has 42 valence electrons. The van der Waals surface area contributed by atoms with Gasteiger partial charge in [-0.05, 0) is 11.7 Å². The molecule has 1 unspecified atom stereocenters. The molecule has 0 aromatic heterocycles. The molecular formula is C5H11NS. The fourth-order valence-electron chi connectivity index (χ4n) is 0.678. The summed E-state index contributed by atoms with van der Waals surface area (Å²) in [7, 11) is 0. The molecule has 1 heterocycles. The Hall–Kier alpha value is 0.310. The molecule has 2 atom stereocenters. The van der Waals surface area contributed by atoms with E-state index in [9.17, 15) is 0 Å². The highest BCUT2D eigenvalue weighted by Crippen LogP contribution is 2.21. The predicted octanol–water partition coefficient (Wildman–Crippen LogP) is 0.697. The highest BCUT2D eigenvalue weighted by molar-refractivity contribution is 7.99. The van der Waals surface area contributed by atoms with Crippen molar-refractivity contribution >= 4 is 11.8 Å². The van der Waals surface area contributed by atoms with Crippen molar-refractivity contribution in [2.75, 3.05) is 11.5 Å². The molecular weight excluding hydrogens is 106 g/mol. The zero-order chi connectivity index (χ0) is 5.28. The molecule has 0 aromatic carbocycles. The summed E-state index contributed by atoms with van der Waals surface area (Å²) >= 11 is 1.97. The minimum Gasteiger partial charge on any atom is -0.327 e. The molecule has 0 spiro atoms. The van der Waals surface area contributed by atoms with Crippen LogP contribution in [0, 0.1) is 5.92 Å². The van der Waals surface area contributed by atoms with Crippen LogP contribution in [-0.2, 0) is 0 Å². The highest BCUT2D eigenvalue weighted by atomic mass is 32.2. The zero-order valence-electron chi connectivity index (χ0n) is 4.55. The van der Waals surface area contributed by atoms with Gasteiger partial charge in [-0.1, -0.05) is 6.92 Å². The maximum absolute atomic E-state index is 5.66. The Balaban J connectivity index is 2.33. The number of thioether (sulfide) groups is 1. The van der Waals surface area contributed by atoms with Crippen LogP contribution in [0.15, 0.2) is 0 Å². The second kappa shape index (κ2) is 2.05. The van der Waals surface area contributed by atoms with E-state index in [1.165, 1.54) is 11.5 Å². The molecule has 0 amide bonds. The normalized spacial score (nSPS) is 42.0. The van der Waals surface area contributed by atoms with Crippen LogP contribution in [0.2, 0.25) is 0 Å². The molecule has 2 heteroatoms. The Labute approximate surface area is 48.7 Å². The summed E-state index contributed by atoms with van der Waals surface area (Å²) in [6, 6.07) is 0.477. The van der Waals surface area contributed by atoms with Crippen molar-refractivity contribution in [3.63, 3.8) is 0 Å². The van der Waals surface area contributed by atoms with Crippen molar-refractivity contribution in [3.05, 3.63) is 0 Å². The summed E-state index contributed by atoms with van der Waals surface area (Å²) in [5.74, 6) is 3.19. The third-order valence-corrected chi connectivity index (χ3v) is 2.80. The first-order chi connectivity index (χ1) is 3.30. The second-order valence-corrected chi connectivity index (χ2v) is 3.25. The molecule has 1 aliphatic rings.